The summed E-state index contributed by atoms with van der Waals surface area (Å²) < 4.78 is 22.8. The van der Waals surface area contributed by atoms with Crippen molar-refractivity contribution in [3.8, 4) is 22.8 Å². The van der Waals surface area contributed by atoms with Crippen LogP contribution in [0.15, 0.2) is 42.6 Å². The molecule has 11 heteroatoms. The summed E-state index contributed by atoms with van der Waals surface area (Å²) in [7, 11) is 4.04. The molecule has 2 aromatic carbocycles. The van der Waals surface area contributed by atoms with Gasteiger partial charge in [-0.05, 0) is 68.3 Å². The summed E-state index contributed by atoms with van der Waals surface area (Å²) in [5.74, 6) is 1.39. The van der Waals surface area contributed by atoms with Crippen molar-refractivity contribution in [3.05, 3.63) is 53.9 Å². The highest BCUT2D eigenvalue weighted by Gasteiger charge is 2.34. The maximum absolute atomic E-state index is 13.5. The molecule has 0 N–H and O–H groups in total. The molecule has 4 aromatic rings. The number of hydrogen-bond donors (Lipinski definition) is 0. The summed E-state index contributed by atoms with van der Waals surface area (Å²) in [4.78, 5) is 20.1. The van der Waals surface area contributed by atoms with Crippen LogP contribution >= 0.6 is 0 Å². The van der Waals surface area contributed by atoms with Gasteiger partial charge in [-0.2, -0.15) is 10.2 Å². The van der Waals surface area contributed by atoms with Crippen LogP contribution in [0.25, 0.3) is 34.2 Å². The molecule has 11 nitrogen and oxygen atoms in total. The van der Waals surface area contributed by atoms with Gasteiger partial charge in [-0.15, -0.1) is 0 Å². The highest BCUT2D eigenvalue weighted by Crippen LogP contribution is 2.36. The van der Waals surface area contributed by atoms with Crippen LogP contribution < -0.4 is 14.4 Å². The van der Waals surface area contributed by atoms with Crippen LogP contribution in [-0.4, -0.2) is 101 Å². The van der Waals surface area contributed by atoms with Crippen molar-refractivity contribution < 1.29 is 19.0 Å². The molecule has 0 spiro atoms. The molecule has 0 radical (unpaired) electrons. The van der Waals surface area contributed by atoms with Crippen LogP contribution in [0.4, 0.5) is 5.69 Å². The summed E-state index contributed by atoms with van der Waals surface area (Å²) in [5, 5.41) is 10.7. The van der Waals surface area contributed by atoms with Crippen molar-refractivity contribution in [1.82, 2.24) is 29.4 Å². The molecule has 2 atom stereocenters. The zero-order chi connectivity index (χ0) is 31.2. The number of rotatable bonds is 2. The Bertz CT molecular complexity index is 1780. The third-order valence-corrected chi connectivity index (χ3v) is 9.76. The number of nitrogens with zero attached hydrogens (tertiary/aromatic N) is 7. The number of piperazine rings is 1. The van der Waals surface area contributed by atoms with Crippen LogP contribution in [0.1, 0.15) is 43.2 Å². The zero-order valence-corrected chi connectivity index (χ0v) is 26.6. The molecule has 6 heterocycles. The Kier molecular flexibility index (Phi) is 7.65. The lowest BCUT2D eigenvalue weighted by Gasteiger charge is -2.34. The molecule has 2 aromatic heterocycles. The zero-order valence-electron chi connectivity index (χ0n) is 26.6. The first-order chi connectivity index (χ1) is 22.5. The average molecular weight is 624 g/mol. The first kappa shape index (κ1) is 29.1. The Morgan fingerprint density at radius 2 is 1.76 bits per heavy atom. The number of fused-ring (bicyclic) bond motifs is 6. The fourth-order valence-electron chi connectivity index (χ4n) is 7.03. The summed E-state index contributed by atoms with van der Waals surface area (Å²) >= 11 is 0. The fourth-order valence-corrected chi connectivity index (χ4v) is 7.03. The van der Waals surface area contributed by atoms with E-state index in [1.807, 2.05) is 22.8 Å². The number of likely N-dealkylation sites (N-methyl/N-ethyl adjacent to an activating group) is 1. The van der Waals surface area contributed by atoms with Crippen LogP contribution in [0.5, 0.6) is 11.6 Å². The second kappa shape index (κ2) is 12.1. The van der Waals surface area contributed by atoms with Gasteiger partial charge in [-0.1, -0.05) is 6.07 Å². The van der Waals surface area contributed by atoms with Gasteiger partial charge in [0.1, 0.15) is 12.4 Å². The number of benzene rings is 2. The lowest BCUT2D eigenvalue weighted by atomic mass is 10.0. The van der Waals surface area contributed by atoms with E-state index in [4.69, 9.17) is 19.3 Å². The molecule has 46 heavy (non-hydrogen) atoms. The van der Waals surface area contributed by atoms with Crippen molar-refractivity contribution in [1.29, 1.82) is 0 Å². The molecule has 4 aliphatic heterocycles. The Labute approximate surface area is 268 Å². The summed E-state index contributed by atoms with van der Waals surface area (Å²) in [5.41, 5.74) is 5.80. The highest BCUT2D eigenvalue weighted by atomic mass is 16.5. The molecule has 3 saturated heterocycles. The number of carbonyl (C=O) groups excluding carboxylic acids is 1. The van der Waals surface area contributed by atoms with Crippen molar-refractivity contribution in [2.45, 2.75) is 38.0 Å². The molecule has 8 rings (SSSR count). The van der Waals surface area contributed by atoms with E-state index in [0.29, 0.717) is 37.7 Å². The Balaban J connectivity index is 1.24. The van der Waals surface area contributed by atoms with Gasteiger partial charge < -0.3 is 28.9 Å². The highest BCUT2D eigenvalue weighted by molar-refractivity contribution is 5.94. The minimum Gasteiger partial charge on any atom is -0.480 e. The van der Waals surface area contributed by atoms with Crippen LogP contribution in [0.3, 0.4) is 0 Å². The summed E-state index contributed by atoms with van der Waals surface area (Å²) in [6.07, 6.45) is 9.08. The lowest BCUT2D eigenvalue weighted by molar-refractivity contribution is -0.133. The third kappa shape index (κ3) is 5.41. The molecular formula is C35H41N7O4. The summed E-state index contributed by atoms with van der Waals surface area (Å²) in [6.45, 7) is 6.15. The van der Waals surface area contributed by atoms with E-state index in [1.54, 1.807) is 4.68 Å². The van der Waals surface area contributed by atoms with Crippen LogP contribution in [0.2, 0.25) is 0 Å². The predicted octanol–water partition coefficient (Wildman–Crippen LogP) is 4.43. The van der Waals surface area contributed by atoms with E-state index in [9.17, 15) is 4.79 Å². The average Bonchev–Trinajstić information content (AvgIpc) is 3.75. The molecule has 1 amide bonds. The number of aromatic nitrogens is 4. The van der Waals surface area contributed by atoms with E-state index in [1.165, 1.54) is 0 Å². The first-order valence-corrected chi connectivity index (χ1v) is 16.5. The quantitative estimate of drug-likeness (QED) is 0.324. The van der Waals surface area contributed by atoms with E-state index in [-0.39, 0.29) is 12.1 Å². The standard InChI is InChI=1S/C35H41N7O4/c1-38-14-16-40(17-15-38)26-9-6-24-7-10-29-27-21-25(8-11-30(27)42(37-29)33-5-3-4-19-44-33)28-23-36-39(2)35(28)45-20-18-41-13-12-31(34(41)43)46-32(24)22-26/h6-11,21-23,31,33H,3-5,12-20H2,1-2H3/b10-7-/t31-,33?/m1/s1. The van der Waals surface area contributed by atoms with Crippen molar-refractivity contribution in [3.63, 3.8) is 0 Å². The van der Waals surface area contributed by atoms with E-state index in [0.717, 1.165) is 91.0 Å². The Morgan fingerprint density at radius 3 is 2.61 bits per heavy atom. The van der Waals surface area contributed by atoms with Gasteiger partial charge >= 0.3 is 0 Å². The predicted molar refractivity (Wildman–Crippen MR) is 177 cm³/mol. The topological polar surface area (TPSA) is 90.1 Å². The fraction of sp³-hybridized carbons (Fsp3) is 0.457. The summed E-state index contributed by atoms with van der Waals surface area (Å²) in [6, 6.07) is 12.8. The normalized spacial score (nSPS) is 23.1. The maximum atomic E-state index is 13.5. The molecule has 240 valence electrons. The van der Waals surface area contributed by atoms with Gasteiger partial charge in [-0.3, -0.25) is 4.79 Å². The molecule has 4 aliphatic rings. The number of aryl methyl sites for hydroxylation is 1. The molecular weight excluding hydrogens is 582 g/mol. The van der Waals surface area contributed by atoms with E-state index in [2.05, 4.69) is 70.5 Å². The third-order valence-electron chi connectivity index (χ3n) is 9.76. The van der Waals surface area contributed by atoms with Crippen molar-refractivity contribution in [2.75, 3.05) is 64.4 Å². The van der Waals surface area contributed by atoms with E-state index >= 15 is 0 Å². The second-order valence-corrected chi connectivity index (χ2v) is 12.8. The van der Waals surface area contributed by atoms with E-state index < -0.39 is 6.10 Å². The van der Waals surface area contributed by atoms with Gasteiger partial charge in [0.2, 0.25) is 5.88 Å². The van der Waals surface area contributed by atoms with Crippen LogP contribution in [0, 0.1) is 0 Å². The monoisotopic (exact) mass is 623 g/mol. The first-order valence-electron chi connectivity index (χ1n) is 16.5. The number of ether oxygens (including phenoxy) is 3. The largest absolute Gasteiger partial charge is 0.480 e. The SMILES string of the molecule is CN1CCN(c2ccc3c(c2)O[C@@H]2CCN(CCOc4c(cnn4C)-c4ccc5c(c4)c(nn5C4CCCCO4)/C=C\3)C2=O)CC1. The molecule has 0 saturated carbocycles. The van der Waals surface area contributed by atoms with Gasteiger partial charge in [-0.25, -0.2) is 9.36 Å². The number of hydrogen-bond acceptors (Lipinski definition) is 8. The van der Waals surface area contributed by atoms with Crippen molar-refractivity contribution >= 4 is 34.6 Å². The Hall–Kier alpha value is -4.35. The molecule has 1 unspecified atom stereocenters. The number of carbonyl (C=O) groups is 1. The molecule has 0 aliphatic carbocycles. The van der Waals surface area contributed by atoms with Crippen molar-refractivity contribution in [2.24, 2.45) is 7.05 Å². The number of amides is 1. The minimum absolute atomic E-state index is 0.00216. The van der Waals surface area contributed by atoms with Gasteiger partial charge in [0.25, 0.3) is 5.91 Å². The minimum atomic E-state index is -0.540. The number of anilines is 1. The smallest absolute Gasteiger partial charge is 0.263 e. The molecule has 4 bridgehead atoms. The van der Waals surface area contributed by atoms with Gasteiger partial charge in [0.15, 0.2) is 12.3 Å². The maximum Gasteiger partial charge on any atom is 0.263 e. The Morgan fingerprint density at radius 1 is 0.870 bits per heavy atom. The van der Waals surface area contributed by atoms with Gasteiger partial charge in [0, 0.05) is 75.5 Å². The molecule has 3 fully saturated rings. The van der Waals surface area contributed by atoms with Crippen LogP contribution in [-0.2, 0) is 16.6 Å². The van der Waals surface area contributed by atoms with Gasteiger partial charge in [0.05, 0.1) is 29.5 Å². The second-order valence-electron chi connectivity index (χ2n) is 12.8. The lowest BCUT2D eigenvalue weighted by Crippen LogP contribution is -2.44.